The number of aldehydes is 1. The second-order valence-electron chi connectivity index (χ2n) is 6.99. The first-order valence-corrected chi connectivity index (χ1v) is 10.7. The Morgan fingerprint density at radius 1 is 1.35 bits per heavy atom. The van der Waals surface area contributed by atoms with Gasteiger partial charge in [-0.3, -0.25) is 0 Å². The molecule has 0 spiro atoms. The number of amides is 1. The molecule has 23 heavy (non-hydrogen) atoms. The lowest BCUT2D eigenvalue weighted by molar-refractivity contribution is -0.111. The molecule has 0 aliphatic carbocycles. The third-order valence-corrected chi connectivity index (χ3v) is 7.86. The lowest BCUT2D eigenvalue weighted by Crippen LogP contribution is -2.42. The number of carbonyl (C=O) groups is 2. The van der Waals surface area contributed by atoms with Crippen molar-refractivity contribution in [2.75, 3.05) is 6.54 Å². The van der Waals surface area contributed by atoms with Gasteiger partial charge >= 0.3 is 6.09 Å². The van der Waals surface area contributed by atoms with Gasteiger partial charge in [0.1, 0.15) is 12.9 Å². The van der Waals surface area contributed by atoms with E-state index in [1.165, 1.54) is 0 Å². The predicted octanol–water partition coefficient (Wildman–Crippen LogP) is 3.10. The van der Waals surface area contributed by atoms with Gasteiger partial charge < -0.3 is 19.6 Å². The highest BCUT2D eigenvalue weighted by Gasteiger charge is 2.39. The Labute approximate surface area is 139 Å². The van der Waals surface area contributed by atoms with Gasteiger partial charge in [0.15, 0.2) is 8.32 Å². The van der Waals surface area contributed by atoms with Gasteiger partial charge in [-0.15, -0.1) is 0 Å². The summed E-state index contributed by atoms with van der Waals surface area (Å²) in [7, 11) is -2.38. The zero-order valence-electron chi connectivity index (χ0n) is 14.3. The molecule has 0 fully saturated rings. The molecule has 0 saturated heterocycles. The number of ether oxygens (including phenoxy) is 1. The van der Waals surface area contributed by atoms with Crippen molar-refractivity contribution in [1.82, 2.24) is 5.32 Å². The number of carbonyl (C=O) groups excluding carboxylic acids is 2. The number of alkyl carbamates (subject to hydrolysis) is 1. The predicted molar refractivity (Wildman–Crippen MR) is 92.5 cm³/mol. The number of hydrogen-bond acceptors (Lipinski definition) is 4. The molecular weight excluding hydrogens is 310 g/mol. The molecule has 1 unspecified atom stereocenters. The molecule has 1 aromatic carbocycles. The lowest BCUT2D eigenvalue weighted by Gasteiger charge is -2.36. The average molecular weight is 337 g/mol. The minimum absolute atomic E-state index is 0.195. The van der Waals surface area contributed by atoms with Gasteiger partial charge in [0.25, 0.3) is 0 Å². The van der Waals surface area contributed by atoms with Crippen LogP contribution >= 0.6 is 0 Å². The molecule has 2 N–H and O–H groups in total. The Morgan fingerprint density at radius 3 is 2.48 bits per heavy atom. The number of nitrogens with one attached hydrogen (secondary N) is 1. The monoisotopic (exact) mass is 337 g/mol. The van der Waals surface area contributed by atoms with E-state index in [1.807, 2.05) is 57.3 Å². The van der Waals surface area contributed by atoms with Crippen molar-refractivity contribution in [2.24, 2.45) is 5.92 Å². The lowest BCUT2D eigenvalue weighted by atomic mass is 9.97. The molecular formula is C17H27NO4Si. The van der Waals surface area contributed by atoms with E-state index in [1.54, 1.807) is 0 Å². The summed E-state index contributed by atoms with van der Waals surface area (Å²) in [6.45, 7) is 8.05. The maximum Gasteiger partial charge on any atom is 0.407 e. The van der Waals surface area contributed by atoms with E-state index in [-0.39, 0.29) is 24.1 Å². The van der Waals surface area contributed by atoms with Gasteiger partial charge in [-0.05, 0) is 30.1 Å². The maximum absolute atomic E-state index is 11.7. The number of rotatable bonds is 8. The number of hydrogen-bond donors (Lipinski definition) is 2. The molecule has 1 aromatic rings. The zero-order chi connectivity index (χ0) is 17.5. The minimum Gasteiger partial charge on any atom is -0.445 e. The molecule has 1 atom stereocenters. The van der Waals surface area contributed by atoms with Crippen molar-refractivity contribution in [1.29, 1.82) is 0 Å². The zero-order valence-corrected chi connectivity index (χ0v) is 15.3. The van der Waals surface area contributed by atoms with Crippen molar-refractivity contribution in [3.8, 4) is 0 Å². The van der Waals surface area contributed by atoms with Crippen molar-refractivity contribution < 1.29 is 19.1 Å². The van der Waals surface area contributed by atoms with Gasteiger partial charge in [0, 0.05) is 12.5 Å². The van der Waals surface area contributed by atoms with Crippen LogP contribution in [-0.4, -0.2) is 32.0 Å². The first kappa shape index (κ1) is 19.4. The summed E-state index contributed by atoms with van der Waals surface area (Å²) < 4.78 is 5.11. The Balaban J connectivity index is 2.42. The molecule has 0 saturated carbocycles. The van der Waals surface area contributed by atoms with E-state index in [2.05, 4.69) is 5.32 Å². The Bertz CT molecular complexity index is 511. The molecule has 5 nitrogen and oxygen atoms in total. The van der Waals surface area contributed by atoms with Crippen LogP contribution in [0.2, 0.25) is 18.1 Å². The van der Waals surface area contributed by atoms with Crippen molar-refractivity contribution in [3.63, 3.8) is 0 Å². The van der Waals surface area contributed by atoms with E-state index < -0.39 is 14.4 Å². The van der Waals surface area contributed by atoms with Crippen LogP contribution in [0.25, 0.3) is 0 Å². The highest BCUT2D eigenvalue weighted by atomic mass is 28.4. The van der Waals surface area contributed by atoms with E-state index in [0.717, 1.165) is 11.8 Å². The van der Waals surface area contributed by atoms with Gasteiger partial charge in [-0.1, -0.05) is 44.2 Å². The molecule has 6 heteroatoms. The van der Waals surface area contributed by atoms with Crippen molar-refractivity contribution in [2.45, 2.75) is 45.0 Å². The summed E-state index contributed by atoms with van der Waals surface area (Å²) in [5.74, 6) is -0.340. The quantitative estimate of drug-likeness (QED) is 0.564. The maximum atomic E-state index is 11.7. The first-order valence-electron chi connectivity index (χ1n) is 7.78. The van der Waals surface area contributed by atoms with E-state index in [0.29, 0.717) is 6.42 Å². The van der Waals surface area contributed by atoms with E-state index in [4.69, 9.17) is 4.74 Å². The summed E-state index contributed by atoms with van der Waals surface area (Å²) in [6.07, 6.45) is 0.823. The molecule has 1 rings (SSSR count). The molecule has 128 valence electrons. The number of benzene rings is 1. The van der Waals surface area contributed by atoms with E-state index in [9.17, 15) is 14.4 Å². The van der Waals surface area contributed by atoms with Crippen LogP contribution in [0.3, 0.4) is 0 Å². The summed E-state index contributed by atoms with van der Waals surface area (Å²) in [5, 5.41) is 2.31. The summed E-state index contributed by atoms with van der Waals surface area (Å²) >= 11 is 0. The highest BCUT2D eigenvalue weighted by Crippen LogP contribution is 2.40. The van der Waals surface area contributed by atoms with Crippen LogP contribution in [0, 0.1) is 5.92 Å². The Kier molecular flexibility index (Phi) is 6.96. The smallest absolute Gasteiger partial charge is 0.407 e. The fraction of sp³-hybridized carbons (Fsp3) is 0.529. The standard InChI is InChI=1S/C17H27NO4Si/c1-17(2,23(3,4)21)10-15(12-19)11-18-16(20)22-13-14-8-6-5-7-9-14/h5-9,12,15,21H,10-11,13H2,1-4H3,(H,18,20). The van der Waals surface area contributed by atoms with Gasteiger partial charge in [0.2, 0.25) is 0 Å². The van der Waals surface area contributed by atoms with Crippen LogP contribution in [-0.2, 0) is 16.1 Å². The SMILES string of the molecule is CC(C)(CC(C=O)CNC(=O)OCc1ccccc1)[Si](C)(C)O. The summed E-state index contributed by atoms with van der Waals surface area (Å²) in [4.78, 5) is 33.2. The average Bonchev–Trinajstić information content (AvgIpc) is 2.49. The second kappa shape index (κ2) is 8.26. The van der Waals surface area contributed by atoms with Crippen molar-refractivity contribution in [3.05, 3.63) is 35.9 Å². The molecule has 0 aliphatic rings. The minimum atomic E-state index is -2.38. The molecule has 0 radical (unpaired) electrons. The van der Waals surface area contributed by atoms with Crippen LogP contribution in [0.1, 0.15) is 25.8 Å². The van der Waals surface area contributed by atoms with Gasteiger partial charge in [0.05, 0.1) is 0 Å². The van der Waals surface area contributed by atoms with Crippen LogP contribution in [0.15, 0.2) is 30.3 Å². The molecule has 0 aromatic heterocycles. The molecule has 0 heterocycles. The third-order valence-electron chi connectivity index (χ3n) is 4.34. The molecule has 1 amide bonds. The van der Waals surface area contributed by atoms with Gasteiger partial charge in [-0.25, -0.2) is 4.79 Å². The summed E-state index contributed by atoms with van der Waals surface area (Å²) in [6, 6.07) is 9.39. The normalized spacial score (nSPS) is 13.3. The Hall–Kier alpha value is -1.66. The fourth-order valence-corrected chi connectivity index (χ4v) is 2.82. The molecule has 0 bridgehead atoms. The van der Waals surface area contributed by atoms with E-state index >= 15 is 0 Å². The fourth-order valence-electron chi connectivity index (χ4n) is 2.06. The Morgan fingerprint density at radius 2 is 1.96 bits per heavy atom. The van der Waals surface area contributed by atoms with Crippen LogP contribution in [0.5, 0.6) is 0 Å². The largest absolute Gasteiger partial charge is 0.445 e. The first-order chi connectivity index (χ1) is 10.7. The second-order valence-corrected chi connectivity index (χ2v) is 11.5. The highest BCUT2D eigenvalue weighted by molar-refractivity contribution is 6.72. The van der Waals surface area contributed by atoms with Gasteiger partial charge in [-0.2, -0.15) is 0 Å². The van der Waals surface area contributed by atoms with Crippen LogP contribution < -0.4 is 5.32 Å². The molecule has 0 aliphatic heterocycles. The summed E-state index contributed by atoms with van der Waals surface area (Å²) in [5.41, 5.74) is 0.906. The van der Waals surface area contributed by atoms with Crippen LogP contribution in [0.4, 0.5) is 4.79 Å². The van der Waals surface area contributed by atoms with Crippen molar-refractivity contribution >= 4 is 20.7 Å². The topological polar surface area (TPSA) is 75.6 Å². The third kappa shape index (κ3) is 6.54.